The third-order valence-corrected chi connectivity index (χ3v) is 7.71. The summed E-state index contributed by atoms with van der Waals surface area (Å²) < 4.78 is 79.7. The minimum Gasteiger partial charge on any atom is -0.496 e. The molecular weight excluding hydrogens is 602 g/mol. The second kappa shape index (κ2) is 12.6. The highest BCUT2D eigenvalue weighted by molar-refractivity contribution is 7.95. The summed E-state index contributed by atoms with van der Waals surface area (Å²) in [5, 5.41) is 23.2. The normalized spacial score (nSPS) is 11.5. The van der Waals surface area contributed by atoms with Gasteiger partial charge >= 0.3 is 10.1 Å². The van der Waals surface area contributed by atoms with Gasteiger partial charge in [-0.05, 0) is 24.3 Å². The van der Waals surface area contributed by atoms with E-state index in [1.807, 2.05) is 0 Å². The van der Waals surface area contributed by atoms with Crippen LogP contribution in [0.3, 0.4) is 0 Å². The average Bonchev–Trinajstić information content (AvgIpc) is 2.94. The van der Waals surface area contributed by atoms with E-state index < -0.39 is 52.0 Å². The van der Waals surface area contributed by atoms with E-state index in [1.54, 1.807) is 0 Å². The highest BCUT2D eigenvalue weighted by Crippen LogP contribution is 2.37. The summed E-state index contributed by atoms with van der Waals surface area (Å²) in [7, 11) is -3.85. The third kappa shape index (κ3) is 7.15. The molecule has 0 aliphatic carbocycles. The Balaban J connectivity index is 1.96. The lowest BCUT2D eigenvalue weighted by atomic mass is 10.1. The zero-order valence-corrected chi connectivity index (χ0v) is 23.9. The molecule has 42 heavy (non-hydrogen) atoms. The maximum absolute atomic E-state index is 13.0. The monoisotopic (exact) mass is 625 g/mol. The summed E-state index contributed by atoms with van der Waals surface area (Å²) >= 11 is 0. The summed E-state index contributed by atoms with van der Waals surface area (Å²) in [6, 6.07) is 8.31. The Morgan fingerprint density at radius 2 is 1.36 bits per heavy atom. The number of nitro groups is 2. The molecule has 0 atom stereocenters. The number of benzene rings is 3. The molecule has 0 spiro atoms. The predicted molar refractivity (Wildman–Crippen MR) is 148 cm³/mol. The van der Waals surface area contributed by atoms with E-state index in [1.165, 1.54) is 58.8 Å². The minimum absolute atomic E-state index is 0.169. The molecule has 0 amide bonds. The maximum atomic E-state index is 13.0. The number of non-ortho nitro benzene ring substituents is 1. The molecular formula is C24H23N3O13S2. The molecule has 0 saturated carbocycles. The first-order valence-electron chi connectivity index (χ1n) is 11.3. The van der Waals surface area contributed by atoms with Crippen LogP contribution in [0.5, 0.6) is 28.7 Å². The smallest absolute Gasteiger partial charge is 0.346 e. The number of hydrogen-bond acceptors (Lipinski definition) is 13. The Hall–Kier alpha value is -5.10. The first kappa shape index (κ1) is 31.4. The molecule has 0 heterocycles. The Morgan fingerprint density at radius 1 is 0.738 bits per heavy atom. The Bertz CT molecular complexity index is 1750. The highest BCUT2D eigenvalue weighted by Gasteiger charge is 2.31. The minimum atomic E-state index is -4.97. The summed E-state index contributed by atoms with van der Waals surface area (Å²) in [6.45, 7) is 0. The van der Waals surface area contributed by atoms with Crippen LogP contribution in [-0.4, -0.2) is 55.1 Å². The lowest BCUT2D eigenvalue weighted by molar-refractivity contribution is -0.396. The van der Waals surface area contributed by atoms with E-state index in [0.717, 1.165) is 17.5 Å². The van der Waals surface area contributed by atoms with E-state index >= 15 is 0 Å². The van der Waals surface area contributed by atoms with Crippen molar-refractivity contribution in [2.75, 3.05) is 33.2 Å². The maximum Gasteiger partial charge on any atom is 0.346 e. The van der Waals surface area contributed by atoms with Gasteiger partial charge in [0.25, 0.3) is 21.4 Å². The van der Waals surface area contributed by atoms with Crippen molar-refractivity contribution in [1.82, 2.24) is 0 Å². The van der Waals surface area contributed by atoms with Crippen LogP contribution in [0.1, 0.15) is 5.56 Å². The number of nitro benzene ring substituents is 2. The van der Waals surface area contributed by atoms with Gasteiger partial charge in [0.2, 0.25) is 0 Å². The number of anilines is 1. The van der Waals surface area contributed by atoms with Crippen molar-refractivity contribution in [3.63, 3.8) is 0 Å². The molecule has 18 heteroatoms. The van der Waals surface area contributed by atoms with E-state index in [-0.39, 0.29) is 28.5 Å². The van der Waals surface area contributed by atoms with Crippen molar-refractivity contribution < 1.29 is 49.8 Å². The zero-order valence-electron chi connectivity index (χ0n) is 22.3. The van der Waals surface area contributed by atoms with Gasteiger partial charge in [-0.15, -0.1) is 0 Å². The molecule has 0 aromatic heterocycles. The number of nitrogens with one attached hydrogen (secondary N) is 1. The van der Waals surface area contributed by atoms with Gasteiger partial charge in [-0.3, -0.25) is 25.0 Å². The molecule has 3 aromatic carbocycles. The van der Waals surface area contributed by atoms with Gasteiger partial charge in [-0.2, -0.15) is 8.42 Å². The molecule has 0 saturated heterocycles. The highest BCUT2D eigenvalue weighted by atomic mass is 32.2. The standard InChI is InChI=1S/C24H23N3O13S2/c1-36-17-13-21(38-3)18(22(14-17)39-4)9-10-41(32,33)25-15-5-7-20(37-2)23(11-15)40-42(34,35)24-8-6-16(26(28)29)12-19(24)27(30)31/h5-14,25H,1-4H3. The van der Waals surface area contributed by atoms with Crippen molar-refractivity contribution in [3.05, 3.63) is 79.7 Å². The Morgan fingerprint density at radius 3 is 1.88 bits per heavy atom. The lowest BCUT2D eigenvalue weighted by Crippen LogP contribution is -2.14. The molecule has 1 N–H and O–H groups in total. The van der Waals surface area contributed by atoms with E-state index in [9.17, 15) is 37.1 Å². The summed E-state index contributed by atoms with van der Waals surface area (Å²) in [5.41, 5.74) is -1.71. The quantitative estimate of drug-likeness (QED) is 0.163. The summed E-state index contributed by atoms with van der Waals surface area (Å²) in [4.78, 5) is 19.4. The fourth-order valence-corrected chi connectivity index (χ4v) is 5.41. The molecule has 224 valence electrons. The number of nitrogens with zero attached hydrogens (tertiary/aromatic N) is 2. The fourth-order valence-electron chi connectivity index (χ4n) is 3.49. The number of hydrogen-bond donors (Lipinski definition) is 1. The van der Waals surface area contributed by atoms with Gasteiger partial charge in [0, 0.05) is 24.3 Å². The number of methoxy groups -OCH3 is 4. The molecule has 3 aromatic rings. The second-order valence-corrected chi connectivity index (χ2v) is 11.0. The van der Waals surface area contributed by atoms with E-state index in [2.05, 4.69) is 4.72 Å². The molecule has 0 aliphatic heterocycles. The number of rotatable bonds is 13. The average molecular weight is 626 g/mol. The Labute approximate surface area is 239 Å². The Kier molecular flexibility index (Phi) is 9.43. The molecule has 0 unspecified atom stereocenters. The first-order valence-corrected chi connectivity index (χ1v) is 14.3. The van der Waals surface area contributed by atoms with Crippen molar-refractivity contribution >= 4 is 43.3 Å². The largest absolute Gasteiger partial charge is 0.496 e. The molecule has 16 nitrogen and oxygen atoms in total. The van der Waals surface area contributed by atoms with Gasteiger partial charge in [-0.1, -0.05) is 0 Å². The van der Waals surface area contributed by atoms with Crippen LogP contribution in [0.25, 0.3) is 6.08 Å². The van der Waals surface area contributed by atoms with Crippen molar-refractivity contribution in [2.24, 2.45) is 0 Å². The van der Waals surface area contributed by atoms with E-state index in [0.29, 0.717) is 17.9 Å². The number of ether oxygens (including phenoxy) is 4. The van der Waals surface area contributed by atoms with Crippen LogP contribution in [0.2, 0.25) is 0 Å². The summed E-state index contributed by atoms with van der Waals surface area (Å²) in [5.74, 6) is 0.204. The number of sulfonamides is 1. The van der Waals surface area contributed by atoms with Crippen LogP contribution < -0.4 is 27.9 Å². The topological polar surface area (TPSA) is 213 Å². The van der Waals surface area contributed by atoms with Crippen LogP contribution in [0.4, 0.5) is 17.1 Å². The van der Waals surface area contributed by atoms with Crippen LogP contribution in [-0.2, 0) is 20.1 Å². The third-order valence-electron chi connectivity index (χ3n) is 5.41. The summed E-state index contributed by atoms with van der Waals surface area (Å²) in [6.07, 6.45) is 1.21. The molecule has 0 bridgehead atoms. The SMILES string of the molecule is COc1cc(OC)c(C=CS(=O)(=O)Nc2ccc(OC)c(OS(=O)(=O)c3ccc([N+](=O)[O-])cc3[N+](=O)[O-])c2)c(OC)c1. The fraction of sp³-hybridized carbons (Fsp3) is 0.167. The zero-order chi connectivity index (χ0) is 31.2. The predicted octanol–water partition coefficient (Wildman–Crippen LogP) is 3.72. The van der Waals surface area contributed by atoms with Gasteiger partial charge < -0.3 is 23.1 Å². The molecule has 3 rings (SSSR count). The van der Waals surface area contributed by atoms with Gasteiger partial charge in [0.1, 0.15) is 17.2 Å². The lowest BCUT2D eigenvalue weighted by Gasteiger charge is -2.13. The van der Waals surface area contributed by atoms with Crippen molar-refractivity contribution in [3.8, 4) is 28.7 Å². The second-order valence-electron chi connectivity index (χ2n) is 7.96. The van der Waals surface area contributed by atoms with Crippen LogP contribution in [0, 0.1) is 20.2 Å². The van der Waals surface area contributed by atoms with Crippen LogP contribution in [0.15, 0.2) is 58.8 Å². The van der Waals surface area contributed by atoms with Gasteiger partial charge in [-0.25, -0.2) is 8.42 Å². The van der Waals surface area contributed by atoms with Gasteiger partial charge in [0.05, 0.1) is 61.0 Å². The van der Waals surface area contributed by atoms with Crippen molar-refractivity contribution in [1.29, 1.82) is 0 Å². The molecule has 0 aliphatic rings. The van der Waals surface area contributed by atoms with E-state index in [4.69, 9.17) is 23.1 Å². The van der Waals surface area contributed by atoms with Crippen LogP contribution >= 0.6 is 0 Å². The molecule has 0 radical (unpaired) electrons. The first-order chi connectivity index (χ1) is 19.7. The van der Waals surface area contributed by atoms with Crippen molar-refractivity contribution in [2.45, 2.75) is 4.90 Å². The molecule has 0 fully saturated rings. The van der Waals surface area contributed by atoms with Gasteiger partial charge in [0.15, 0.2) is 16.4 Å².